The Balaban J connectivity index is 1.81. The molecule has 3 rings (SSSR count). The van der Waals surface area contributed by atoms with Crippen LogP contribution in [0.3, 0.4) is 0 Å². The van der Waals surface area contributed by atoms with E-state index in [1.807, 2.05) is 0 Å². The third-order valence-corrected chi connectivity index (χ3v) is 4.39. The smallest absolute Gasteiger partial charge is 0.233 e. The van der Waals surface area contributed by atoms with Gasteiger partial charge in [0.1, 0.15) is 0 Å². The van der Waals surface area contributed by atoms with Crippen molar-refractivity contribution in [2.24, 2.45) is 5.73 Å². The van der Waals surface area contributed by atoms with E-state index in [-0.39, 0.29) is 11.5 Å². The van der Waals surface area contributed by atoms with Crippen molar-refractivity contribution in [1.29, 1.82) is 0 Å². The van der Waals surface area contributed by atoms with Gasteiger partial charge in [-0.1, -0.05) is 36.3 Å². The standard InChI is InChI=1S/C16H21N3O/c1-3-12-5-7-13(8-6-12)11(2)14-18-15(19-20-14)16(17)9-4-10-16/h5-8,11H,3-4,9-10,17H2,1-2H3. The molecule has 20 heavy (non-hydrogen) atoms. The maximum Gasteiger partial charge on any atom is 0.233 e. The van der Waals surface area contributed by atoms with Gasteiger partial charge in [-0.3, -0.25) is 0 Å². The first-order valence-corrected chi connectivity index (χ1v) is 7.34. The Kier molecular flexibility index (Phi) is 3.34. The zero-order chi connectivity index (χ0) is 14.2. The summed E-state index contributed by atoms with van der Waals surface area (Å²) < 4.78 is 5.42. The topological polar surface area (TPSA) is 64.9 Å². The van der Waals surface area contributed by atoms with E-state index < -0.39 is 0 Å². The van der Waals surface area contributed by atoms with Gasteiger partial charge in [-0.15, -0.1) is 0 Å². The van der Waals surface area contributed by atoms with Crippen LogP contribution >= 0.6 is 0 Å². The summed E-state index contributed by atoms with van der Waals surface area (Å²) in [5, 5.41) is 4.08. The first-order chi connectivity index (χ1) is 9.62. The molecule has 1 aromatic carbocycles. The molecule has 1 aliphatic rings. The molecule has 4 heteroatoms. The highest BCUT2D eigenvalue weighted by Crippen LogP contribution is 2.37. The fraction of sp³-hybridized carbons (Fsp3) is 0.500. The van der Waals surface area contributed by atoms with E-state index in [9.17, 15) is 0 Å². The molecule has 0 amide bonds. The molecule has 1 unspecified atom stereocenters. The van der Waals surface area contributed by atoms with E-state index >= 15 is 0 Å². The zero-order valence-electron chi connectivity index (χ0n) is 12.1. The highest BCUT2D eigenvalue weighted by atomic mass is 16.5. The van der Waals surface area contributed by atoms with Gasteiger partial charge in [0.05, 0.1) is 11.5 Å². The summed E-state index contributed by atoms with van der Waals surface area (Å²) in [4.78, 5) is 4.52. The van der Waals surface area contributed by atoms with Gasteiger partial charge in [-0.05, 0) is 43.7 Å². The van der Waals surface area contributed by atoms with Gasteiger partial charge in [-0.25, -0.2) is 0 Å². The van der Waals surface area contributed by atoms with Crippen molar-refractivity contribution < 1.29 is 4.52 Å². The lowest BCUT2D eigenvalue weighted by Gasteiger charge is -2.34. The van der Waals surface area contributed by atoms with Crippen LogP contribution in [-0.4, -0.2) is 10.1 Å². The van der Waals surface area contributed by atoms with Crippen molar-refractivity contribution in [2.75, 3.05) is 0 Å². The van der Waals surface area contributed by atoms with Crippen LogP contribution in [0.25, 0.3) is 0 Å². The SMILES string of the molecule is CCc1ccc(C(C)c2nc(C3(N)CCC3)no2)cc1. The second-order valence-electron chi connectivity index (χ2n) is 5.78. The minimum Gasteiger partial charge on any atom is -0.339 e. The summed E-state index contributed by atoms with van der Waals surface area (Å²) in [6.07, 6.45) is 4.10. The van der Waals surface area contributed by atoms with Gasteiger partial charge >= 0.3 is 0 Å². The average Bonchev–Trinajstić information content (AvgIpc) is 2.94. The third-order valence-electron chi connectivity index (χ3n) is 4.39. The van der Waals surface area contributed by atoms with Gasteiger partial charge in [-0.2, -0.15) is 4.98 Å². The molecule has 1 heterocycles. The summed E-state index contributed by atoms with van der Waals surface area (Å²) in [6, 6.07) is 8.57. The van der Waals surface area contributed by atoms with Crippen LogP contribution in [0.5, 0.6) is 0 Å². The van der Waals surface area contributed by atoms with Gasteiger partial charge < -0.3 is 10.3 Å². The molecule has 1 saturated carbocycles. The molecule has 2 aromatic rings. The molecule has 0 bridgehead atoms. The maximum absolute atomic E-state index is 6.23. The quantitative estimate of drug-likeness (QED) is 0.928. The molecule has 4 nitrogen and oxygen atoms in total. The van der Waals surface area contributed by atoms with E-state index in [0.29, 0.717) is 11.7 Å². The molecule has 1 aliphatic carbocycles. The number of nitrogens with two attached hydrogens (primary N) is 1. The minimum atomic E-state index is -0.354. The van der Waals surface area contributed by atoms with E-state index in [4.69, 9.17) is 10.3 Å². The molecule has 0 spiro atoms. The Bertz CT molecular complexity index is 584. The second kappa shape index (κ2) is 5.02. The summed E-state index contributed by atoms with van der Waals surface area (Å²) in [7, 11) is 0. The fourth-order valence-corrected chi connectivity index (χ4v) is 2.58. The first-order valence-electron chi connectivity index (χ1n) is 7.34. The molecule has 2 N–H and O–H groups in total. The Morgan fingerprint density at radius 1 is 1.30 bits per heavy atom. The molecule has 0 radical (unpaired) electrons. The molecule has 1 aromatic heterocycles. The minimum absolute atomic E-state index is 0.103. The fourth-order valence-electron chi connectivity index (χ4n) is 2.58. The van der Waals surface area contributed by atoms with Crippen molar-refractivity contribution in [2.45, 2.75) is 51.0 Å². The number of hydrogen-bond donors (Lipinski definition) is 1. The Morgan fingerprint density at radius 2 is 2.00 bits per heavy atom. The summed E-state index contributed by atoms with van der Waals surface area (Å²) in [5.41, 5.74) is 8.40. The lowest BCUT2D eigenvalue weighted by Crippen LogP contribution is -2.44. The second-order valence-corrected chi connectivity index (χ2v) is 5.78. The van der Waals surface area contributed by atoms with Crippen molar-refractivity contribution in [3.05, 3.63) is 47.1 Å². The number of benzene rings is 1. The van der Waals surface area contributed by atoms with Gasteiger partial charge in [0.25, 0.3) is 0 Å². The molecule has 0 aliphatic heterocycles. The molecular formula is C16H21N3O. The normalized spacial score (nSPS) is 18.6. The summed E-state index contributed by atoms with van der Waals surface area (Å²) >= 11 is 0. The molecule has 106 valence electrons. The highest BCUT2D eigenvalue weighted by Gasteiger charge is 2.39. The van der Waals surface area contributed by atoms with E-state index in [0.717, 1.165) is 25.7 Å². The van der Waals surface area contributed by atoms with E-state index in [2.05, 4.69) is 48.3 Å². The van der Waals surface area contributed by atoms with Crippen LogP contribution in [0.2, 0.25) is 0 Å². The van der Waals surface area contributed by atoms with Crippen molar-refractivity contribution in [3.8, 4) is 0 Å². The van der Waals surface area contributed by atoms with Gasteiger partial charge in [0.15, 0.2) is 5.82 Å². The number of hydrogen-bond acceptors (Lipinski definition) is 4. The predicted molar refractivity (Wildman–Crippen MR) is 77.4 cm³/mol. The van der Waals surface area contributed by atoms with E-state index in [1.54, 1.807) is 0 Å². The van der Waals surface area contributed by atoms with E-state index in [1.165, 1.54) is 11.1 Å². The van der Waals surface area contributed by atoms with Crippen LogP contribution in [-0.2, 0) is 12.0 Å². The number of aromatic nitrogens is 2. The molecule has 1 fully saturated rings. The number of nitrogens with zero attached hydrogens (tertiary/aromatic N) is 2. The number of aryl methyl sites for hydroxylation is 1. The highest BCUT2D eigenvalue weighted by molar-refractivity contribution is 5.28. The molecule has 0 saturated heterocycles. The summed E-state index contributed by atoms with van der Waals surface area (Å²) in [6.45, 7) is 4.24. The largest absolute Gasteiger partial charge is 0.339 e. The Labute approximate surface area is 119 Å². The average molecular weight is 271 g/mol. The Hall–Kier alpha value is -1.68. The summed E-state index contributed by atoms with van der Waals surface area (Å²) in [5.74, 6) is 1.42. The van der Waals surface area contributed by atoms with Crippen LogP contribution in [0.4, 0.5) is 0 Å². The predicted octanol–water partition coefficient (Wildman–Crippen LogP) is 3.12. The third kappa shape index (κ3) is 2.24. The van der Waals surface area contributed by atoms with Crippen LogP contribution in [0.1, 0.15) is 61.9 Å². The zero-order valence-corrected chi connectivity index (χ0v) is 12.1. The van der Waals surface area contributed by atoms with Crippen LogP contribution in [0.15, 0.2) is 28.8 Å². The van der Waals surface area contributed by atoms with Crippen LogP contribution in [0, 0.1) is 0 Å². The molecular weight excluding hydrogens is 250 g/mol. The lowest BCUT2D eigenvalue weighted by atomic mass is 9.77. The monoisotopic (exact) mass is 271 g/mol. The van der Waals surface area contributed by atoms with Gasteiger partial charge in [0.2, 0.25) is 5.89 Å². The van der Waals surface area contributed by atoms with Crippen molar-refractivity contribution in [1.82, 2.24) is 10.1 Å². The van der Waals surface area contributed by atoms with Gasteiger partial charge in [0, 0.05) is 0 Å². The van der Waals surface area contributed by atoms with Crippen LogP contribution < -0.4 is 5.73 Å². The number of rotatable bonds is 4. The molecule has 1 atom stereocenters. The lowest BCUT2D eigenvalue weighted by molar-refractivity contribution is 0.228. The maximum atomic E-state index is 6.23. The van der Waals surface area contributed by atoms with Crippen molar-refractivity contribution in [3.63, 3.8) is 0 Å². The first kappa shape index (κ1) is 13.3. The van der Waals surface area contributed by atoms with Crippen molar-refractivity contribution >= 4 is 0 Å². The Morgan fingerprint density at radius 3 is 2.55 bits per heavy atom.